The number of benzene rings is 1. The third-order valence-electron chi connectivity index (χ3n) is 3.30. The van der Waals surface area contributed by atoms with Gasteiger partial charge < -0.3 is 9.64 Å². The van der Waals surface area contributed by atoms with E-state index in [-0.39, 0.29) is 12.2 Å². The summed E-state index contributed by atoms with van der Waals surface area (Å²) < 4.78 is 19.0. The van der Waals surface area contributed by atoms with Crippen molar-refractivity contribution in [2.75, 3.05) is 24.7 Å². The molecule has 2 rings (SSSR count). The molecule has 1 fully saturated rings. The Morgan fingerprint density at radius 1 is 1.48 bits per heavy atom. The van der Waals surface area contributed by atoms with E-state index in [9.17, 15) is 14.0 Å². The molecule has 1 heterocycles. The number of carbonyl (C=O) groups is 2. The molecule has 0 spiro atoms. The molecule has 21 heavy (non-hydrogen) atoms. The molecular formula is C15H18FNO3S. The Morgan fingerprint density at radius 3 is 2.90 bits per heavy atom. The number of rotatable bonds is 3. The molecule has 1 atom stereocenters. The van der Waals surface area contributed by atoms with Crippen LogP contribution in [0.15, 0.2) is 18.2 Å². The van der Waals surface area contributed by atoms with Gasteiger partial charge in [0.15, 0.2) is 0 Å². The lowest BCUT2D eigenvalue weighted by Gasteiger charge is -2.33. The van der Waals surface area contributed by atoms with Crippen molar-refractivity contribution in [1.82, 2.24) is 4.90 Å². The summed E-state index contributed by atoms with van der Waals surface area (Å²) in [6.45, 7) is 4.16. The molecule has 1 unspecified atom stereocenters. The first-order chi connectivity index (χ1) is 10.0. The molecule has 1 aromatic carbocycles. The van der Waals surface area contributed by atoms with E-state index in [0.717, 1.165) is 11.3 Å². The van der Waals surface area contributed by atoms with Crippen LogP contribution in [0.4, 0.5) is 4.39 Å². The first kappa shape index (κ1) is 15.8. The quantitative estimate of drug-likeness (QED) is 0.803. The van der Waals surface area contributed by atoms with Crippen LogP contribution in [0.25, 0.3) is 0 Å². The zero-order valence-corrected chi connectivity index (χ0v) is 12.9. The van der Waals surface area contributed by atoms with Gasteiger partial charge in [-0.25, -0.2) is 9.18 Å². The van der Waals surface area contributed by atoms with Crippen molar-refractivity contribution in [3.05, 3.63) is 35.1 Å². The topological polar surface area (TPSA) is 46.6 Å². The second-order valence-electron chi connectivity index (χ2n) is 4.82. The molecule has 4 nitrogen and oxygen atoms in total. The van der Waals surface area contributed by atoms with Crippen molar-refractivity contribution >= 4 is 23.6 Å². The summed E-state index contributed by atoms with van der Waals surface area (Å²) in [5.41, 5.74) is 0.752. The van der Waals surface area contributed by atoms with Crippen molar-refractivity contribution in [3.8, 4) is 0 Å². The van der Waals surface area contributed by atoms with Crippen molar-refractivity contribution in [2.24, 2.45) is 0 Å². The minimum Gasteiger partial charge on any atom is -0.464 e. The highest BCUT2D eigenvalue weighted by Gasteiger charge is 2.34. The molecular weight excluding hydrogens is 293 g/mol. The Kier molecular flexibility index (Phi) is 5.22. The Hall–Kier alpha value is -1.56. The van der Waals surface area contributed by atoms with E-state index in [1.54, 1.807) is 31.7 Å². The van der Waals surface area contributed by atoms with E-state index in [4.69, 9.17) is 4.74 Å². The van der Waals surface area contributed by atoms with Crippen LogP contribution in [-0.4, -0.2) is 47.5 Å². The standard InChI is InChI=1S/C15H18FNO3S/c1-3-20-15(19)13-9-21-7-6-17(13)14(18)11-5-4-10(2)8-12(11)16/h4-5,8,13H,3,6-7,9H2,1-2H3. The molecule has 0 saturated carbocycles. The van der Waals surface area contributed by atoms with Gasteiger partial charge >= 0.3 is 5.97 Å². The second-order valence-corrected chi connectivity index (χ2v) is 5.97. The summed E-state index contributed by atoms with van der Waals surface area (Å²) in [5.74, 6) is -0.218. The molecule has 114 valence electrons. The summed E-state index contributed by atoms with van der Waals surface area (Å²) in [5, 5.41) is 0. The fourth-order valence-corrected chi connectivity index (χ4v) is 3.26. The normalized spacial score (nSPS) is 18.4. The summed E-state index contributed by atoms with van der Waals surface area (Å²) in [6.07, 6.45) is 0. The van der Waals surface area contributed by atoms with Crippen LogP contribution >= 0.6 is 11.8 Å². The van der Waals surface area contributed by atoms with E-state index >= 15 is 0 Å². The van der Waals surface area contributed by atoms with E-state index in [1.807, 2.05) is 0 Å². The number of nitrogens with zero attached hydrogens (tertiary/aromatic N) is 1. The minimum absolute atomic E-state index is 0.00167. The summed E-state index contributed by atoms with van der Waals surface area (Å²) in [7, 11) is 0. The summed E-state index contributed by atoms with van der Waals surface area (Å²) in [6, 6.07) is 3.84. The third kappa shape index (κ3) is 3.56. The number of hydrogen-bond donors (Lipinski definition) is 0. The van der Waals surface area contributed by atoms with Crippen LogP contribution in [0.3, 0.4) is 0 Å². The third-order valence-corrected chi connectivity index (χ3v) is 4.33. The van der Waals surface area contributed by atoms with Gasteiger partial charge in [-0.15, -0.1) is 0 Å². The number of thioether (sulfide) groups is 1. The molecule has 0 N–H and O–H groups in total. The van der Waals surface area contributed by atoms with Crippen molar-refractivity contribution in [3.63, 3.8) is 0 Å². The maximum absolute atomic E-state index is 14.0. The largest absolute Gasteiger partial charge is 0.464 e. The molecule has 0 bridgehead atoms. The van der Waals surface area contributed by atoms with E-state index < -0.39 is 23.7 Å². The summed E-state index contributed by atoms with van der Waals surface area (Å²) >= 11 is 1.59. The molecule has 0 radical (unpaired) electrons. The Labute approximate surface area is 127 Å². The number of aryl methyl sites for hydroxylation is 1. The van der Waals surface area contributed by atoms with Gasteiger partial charge in [0.05, 0.1) is 12.2 Å². The van der Waals surface area contributed by atoms with Crippen molar-refractivity contribution in [1.29, 1.82) is 0 Å². The van der Waals surface area contributed by atoms with Crippen molar-refractivity contribution in [2.45, 2.75) is 19.9 Å². The molecule has 1 aliphatic heterocycles. The SMILES string of the molecule is CCOC(=O)C1CSCCN1C(=O)c1ccc(C)cc1F. The average molecular weight is 311 g/mol. The van der Waals surface area contributed by atoms with Crippen LogP contribution in [0.2, 0.25) is 0 Å². The van der Waals surface area contributed by atoms with Gasteiger partial charge in [0, 0.05) is 18.1 Å². The highest BCUT2D eigenvalue weighted by Crippen LogP contribution is 2.21. The highest BCUT2D eigenvalue weighted by molar-refractivity contribution is 7.99. The predicted octanol–water partition coefficient (Wildman–Crippen LogP) is 2.25. The predicted molar refractivity (Wildman–Crippen MR) is 79.9 cm³/mol. The maximum atomic E-state index is 14.0. The lowest BCUT2D eigenvalue weighted by atomic mass is 10.1. The average Bonchev–Trinajstić information content (AvgIpc) is 2.47. The van der Waals surface area contributed by atoms with Crippen LogP contribution in [0.5, 0.6) is 0 Å². The molecule has 0 aliphatic carbocycles. The second kappa shape index (κ2) is 6.93. The van der Waals surface area contributed by atoms with Crippen LogP contribution in [0, 0.1) is 12.7 Å². The lowest BCUT2D eigenvalue weighted by Crippen LogP contribution is -2.51. The number of amides is 1. The zero-order valence-electron chi connectivity index (χ0n) is 12.1. The van der Waals surface area contributed by atoms with Gasteiger partial charge in [-0.1, -0.05) is 6.07 Å². The molecule has 1 amide bonds. The van der Waals surface area contributed by atoms with E-state index in [2.05, 4.69) is 0 Å². The van der Waals surface area contributed by atoms with Crippen LogP contribution in [0.1, 0.15) is 22.8 Å². The van der Waals surface area contributed by atoms with Gasteiger partial charge in [-0.05, 0) is 31.5 Å². The zero-order chi connectivity index (χ0) is 15.4. The van der Waals surface area contributed by atoms with Crippen molar-refractivity contribution < 1.29 is 18.7 Å². The van der Waals surface area contributed by atoms with Gasteiger partial charge in [0.2, 0.25) is 0 Å². The number of carbonyl (C=O) groups excluding carboxylic acids is 2. The number of halogens is 1. The van der Waals surface area contributed by atoms with Gasteiger partial charge in [-0.3, -0.25) is 4.79 Å². The van der Waals surface area contributed by atoms with E-state index in [0.29, 0.717) is 12.3 Å². The van der Waals surface area contributed by atoms with E-state index in [1.165, 1.54) is 17.0 Å². The summed E-state index contributed by atoms with van der Waals surface area (Å²) in [4.78, 5) is 25.9. The minimum atomic E-state index is -0.642. The van der Waals surface area contributed by atoms with Gasteiger partial charge in [0.1, 0.15) is 11.9 Å². The molecule has 1 aromatic rings. The van der Waals surface area contributed by atoms with Crippen LogP contribution in [-0.2, 0) is 9.53 Å². The fraction of sp³-hybridized carbons (Fsp3) is 0.467. The number of hydrogen-bond acceptors (Lipinski definition) is 4. The first-order valence-electron chi connectivity index (χ1n) is 6.86. The first-order valence-corrected chi connectivity index (χ1v) is 8.01. The Morgan fingerprint density at radius 2 is 2.24 bits per heavy atom. The Balaban J connectivity index is 2.24. The highest BCUT2D eigenvalue weighted by atomic mass is 32.2. The maximum Gasteiger partial charge on any atom is 0.329 e. The molecule has 1 aliphatic rings. The monoisotopic (exact) mass is 311 g/mol. The molecule has 0 aromatic heterocycles. The number of esters is 1. The lowest BCUT2D eigenvalue weighted by molar-refractivity contribution is -0.147. The van der Waals surface area contributed by atoms with Gasteiger partial charge in [0.25, 0.3) is 5.91 Å². The van der Waals surface area contributed by atoms with Gasteiger partial charge in [-0.2, -0.15) is 11.8 Å². The van der Waals surface area contributed by atoms with Crippen LogP contribution < -0.4 is 0 Å². The molecule has 1 saturated heterocycles. The molecule has 6 heteroatoms. The Bertz CT molecular complexity index is 550. The smallest absolute Gasteiger partial charge is 0.329 e. The number of ether oxygens (including phenoxy) is 1. The fourth-order valence-electron chi connectivity index (χ4n) is 2.23.